The summed E-state index contributed by atoms with van der Waals surface area (Å²) in [4.78, 5) is 0. The van der Waals surface area contributed by atoms with Crippen molar-refractivity contribution < 1.29 is 9.15 Å². The van der Waals surface area contributed by atoms with Gasteiger partial charge in [0.05, 0.1) is 16.1 Å². The topological polar surface area (TPSA) is 48.4 Å². The summed E-state index contributed by atoms with van der Waals surface area (Å²) in [5, 5.41) is 2.23. The molecule has 3 nitrogen and oxygen atoms in total. The molecule has 0 saturated carbocycles. The molecule has 2 N–H and O–H groups in total. The van der Waals surface area contributed by atoms with Crippen LogP contribution in [0.4, 0.5) is 5.69 Å². The van der Waals surface area contributed by atoms with Crippen molar-refractivity contribution in [2.45, 2.75) is 6.61 Å². The van der Waals surface area contributed by atoms with Gasteiger partial charge in [-0.3, -0.25) is 0 Å². The Morgan fingerprint density at radius 2 is 1.52 bits per heavy atom. The van der Waals surface area contributed by atoms with Crippen molar-refractivity contribution in [2.75, 3.05) is 5.73 Å². The predicted molar refractivity (Wildman–Crippen MR) is 119 cm³/mol. The van der Waals surface area contributed by atoms with Crippen molar-refractivity contribution in [3.63, 3.8) is 0 Å². The lowest BCUT2D eigenvalue weighted by Gasteiger charge is -2.12. The molecule has 0 aliphatic rings. The summed E-state index contributed by atoms with van der Waals surface area (Å²) < 4.78 is 12.1. The van der Waals surface area contributed by atoms with Gasteiger partial charge in [0.15, 0.2) is 11.3 Å². The molecule has 142 valence electrons. The third-order valence-electron chi connectivity index (χ3n) is 5.03. The summed E-state index contributed by atoms with van der Waals surface area (Å²) in [5.41, 5.74) is 11.5. The summed E-state index contributed by atoms with van der Waals surface area (Å²) in [6, 6.07) is 28.1. The Morgan fingerprint density at radius 1 is 0.828 bits per heavy atom. The largest absolute Gasteiger partial charge is 0.486 e. The number of ether oxygens (including phenoxy) is 1. The number of nitrogen functional groups attached to an aromatic ring is 1. The zero-order valence-corrected chi connectivity index (χ0v) is 16.3. The molecule has 0 aliphatic carbocycles. The van der Waals surface area contributed by atoms with Crippen LogP contribution in [-0.2, 0) is 6.61 Å². The van der Waals surface area contributed by atoms with E-state index in [0.29, 0.717) is 28.6 Å². The van der Waals surface area contributed by atoms with Crippen molar-refractivity contribution in [3.8, 4) is 16.9 Å². The first-order chi connectivity index (χ1) is 14.2. The van der Waals surface area contributed by atoms with Crippen LogP contribution in [-0.4, -0.2) is 0 Å². The Hall–Kier alpha value is -3.43. The highest BCUT2D eigenvalue weighted by molar-refractivity contribution is 6.36. The Balaban J connectivity index is 1.48. The summed E-state index contributed by atoms with van der Waals surface area (Å²) in [6.07, 6.45) is 0. The van der Waals surface area contributed by atoms with Crippen molar-refractivity contribution >= 4 is 39.2 Å². The molecule has 5 rings (SSSR count). The fourth-order valence-corrected chi connectivity index (χ4v) is 3.84. The van der Waals surface area contributed by atoms with Gasteiger partial charge in [-0.25, -0.2) is 0 Å². The van der Waals surface area contributed by atoms with E-state index in [2.05, 4.69) is 36.4 Å². The second-order valence-electron chi connectivity index (χ2n) is 6.93. The maximum atomic E-state index is 6.37. The first kappa shape index (κ1) is 17.7. The maximum Gasteiger partial charge on any atom is 0.157 e. The molecule has 4 aromatic carbocycles. The molecule has 29 heavy (non-hydrogen) atoms. The second-order valence-corrected chi connectivity index (χ2v) is 7.34. The van der Waals surface area contributed by atoms with Crippen LogP contribution in [0.1, 0.15) is 5.56 Å². The Bertz CT molecular complexity index is 1310. The van der Waals surface area contributed by atoms with Crippen LogP contribution in [0.25, 0.3) is 33.1 Å². The van der Waals surface area contributed by atoms with Gasteiger partial charge in [-0.1, -0.05) is 84.4 Å². The minimum absolute atomic E-state index is 0.398. The molecule has 1 heterocycles. The number of furan rings is 1. The molecule has 4 heteroatoms. The van der Waals surface area contributed by atoms with E-state index in [1.807, 2.05) is 42.5 Å². The van der Waals surface area contributed by atoms with Gasteiger partial charge < -0.3 is 14.9 Å². The first-order valence-electron chi connectivity index (χ1n) is 9.37. The van der Waals surface area contributed by atoms with E-state index in [1.165, 1.54) is 11.1 Å². The third kappa shape index (κ3) is 3.20. The summed E-state index contributed by atoms with van der Waals surface area (Å²) in [7, 11) is 0. The molecule has 0 atom stereocenters. The molecule has 5 aromatic rings. The standard InChI is InChI=1S/C25H18ClNO2/c26-20-14-21(27)25(23-19-8-4-5-9-22(19)29-24(20)23)28-15-16-10-12-18(13-11-16)17-6-2-1-3-7-17/h1-14H,15,27H2. The normalized spacial score (nSPS) is 11.2. The van der Waals surface area contributed by atoms with E-state index >= 15 is 0 Å². The number of para-hydroxylation sites is 1. The third-order valence-corrected chi connectivity index (χ3v) is 5.31. The molecule has 0 unspecified atom stereocenters. The Morgan fingerprint density at radius 3 is 2.31 bits per heavy atom. The number of rotatable bonds is 4. The highest BCUT2D eigenvalue weighted by Gasteiger charge is 2.18. The van der Waals surface area contributed by atoms with Crippen molar-refractivity contribution in [1.29, 1.82) is 0 Å². The average Bonchev–Trinajstić information content (AvgIpc) is 3.15. The molecule has 0 saturated heterocycles. The monoisotopic (exact) mass is 399 g/mol. The lowest BCUT2D eigenvalue weighted by Crippen LogP contribution is -1.99. The lowest BCUT2D eigenvalue weighted by atomic mass is 10.0. The zero-order chi connectivity index (χ0) is 19.8. The van der Waals surface area contributed by atoms with Crippen LogP contribution in [0.3, 0.4) is 0 Å². The zero-order valence-electron chi connectivity index (χ0n) is 15.6. The highest BCUT2D eigenvalue weighted by Crippen LogP contribution is 2.43. The van der Waals surface area contributed by atoms with Crippen LogP contribution in [0, 0.1) is 0 Å². The molecular formula is C25H18ClNO2. The van der Waals surface area contributed by atoms with Crippen molar-refractivity contribution in [2.24, 2.45) is 0 Å². The van der Waals surface area contributed by atoms with E-state index in [0.717, 1.165) is 21.9 Å². The van der Waals surface area contributed by atoms with E-state index < -0.39 is 0 Å². The van der Waals surface area contributed by atoms with Gasteiger partial charge in [0.1, 0.15) is 12.2 Å². The molecule has 0 spiro atoms. The smallest absolute Gasteiger partial charge is 0.157 e. The van der Waals surface area contributed by atoms with Gasteiger partial charge in [-0.05, 0) is 28.8 Å². The summed E-state index contributed by atoms with van der Waals surface area (Å²) in [6.45, 7) is 0.398. The van der Waals surface area contributed by atoms with E-state index in [9.17, 15) is 0 Å². The molecular weight excluding hydrogens is 382 g/mol. The van der Waals surface area contributed by atoms with Crippen LogP contribution in [0.15, 0.2) is 89.3 Å². The minimum atomic E-state index is 0.398. The lowest BCUT2D eigenvalue weighted by molar-refractivity contribution is 0.312. The SMILES string of the molecule is Nc1cc(Cl)c2oc3ccccc3c2c1OCc1ccc(-c2ccccc2)cc1. The van der Waals surface area contributed by atoms with Crippen LogP contribution in [0.5, 0.6) is 5.75 Å². The molecule has 0 radical (unpaired) electrons. The number of fused-ring (bicyclic) bond motifs is 3. The second kappa shape index (κ2) is 7.19. The van der Waals surface area contributed by atoms with E-state index in [1.54, 1.807) is 6.07 Å². The molecule has 1 aromatic heterocycles. The van der Waals surface area contributed by atoms with Crippen LogP contribution >= 0.6 is 11.6 Å². The number of hydrogen-bond acceptors (Lipinski definition) is 3. The Labute approximate surface area is 173 Å². The minimum Gasteiger partial charge on any atom is -0.486 e. The number of nitrogens with two attached hydrogens (primary N) is 1. The van der Waals surface area contributed by atoms with Gasteiger partial charge in [0.2, 0.25) is 0 Å². The van der Waals surface area contributed by atoms with Crippen molar-refractivity contribution in [3.05, 3.63) is 95.5 Å². The van der Waals surface area contributed by atoms with Crippen LogP contribution in [0.2, 0.25) is 5.02 Å². The number of anilines is 1. The molecule has 0 fully saturated rings. The van der Waals surface area contributed by atoms with Gasteiger partial charge in [-0.2, -0.15) is 0 Å². The predicted octanol–water partition coefficient (Wildman–Crippen LogP) is 7.07. The molecule has 0 bridgehead atoms. The number of halogens is 1. The van der Waals surface area contributed by atoms with Crippen LogP contribution < -0.4 is 10.5 Å². The fraction of sp³-hybridized carbons (Fsp3) is 0.0400. The highest BCUT2D eigenvalue weighted by atomic mass is 35.5. The fourth-order valence-electron chi connectivity index (χ4n) is 3.59. The molecule has 0 amide bonds. The van der Waals surface area contributed by atoms with Gasteiger partial charge in [-0.15, -0.1) is 0 Å². The van der Waals surface area contributed by atoms with E-state index in [4.69, 9.17) is 26.5 Å². The van der Waals surface area contributed by atoms with Gasteiger partial charge in [0, 0.05) is 5.39 Å². The Kier molecular flexibility index (Phi) is 4.38. The summed E-state index contributed by atoms with van der Waals surface area (Å²) in [5.74, 6) is 0.599. The summed E-state index contributed by atoms with van der Waals surface area (Å²) >= 11 is 6.37. The van der Waals surface area contributed by atoms with Gasteiger partial charge >= 0.3 is 0 Å². The van der Waals surface area contributed by atoms with Gasteiger partial charge in [0.25, 0.3) is 0 Å². The number of benzene rings is 4. The number of hydrogen-bond donors (Lipinski definition) is 1. The average molecular weight is 400 g/mol. The van der Waals surface area contributed by atoms with Crippen molar-refractivity contribution in [1.82, 2.24) is 0 Å². The maximum absolute atomic E-state index is 6.37. The first-order valence-corrected chi connectivity index (χ1v) is 9.75. The quantitative estimate of drug-likeness (QED) is 0.329. The molecule has 0 aliphatic heterocycles. The van der Waals surface area contributed by atoms with E-state index in [-0.39, 0.29) is 0 Å².